The van der Waals surface area contributed by atoms with E-state index in [-0.39, 0.29) is 17.0 Å². The van der Waals surface area contributed by atoms with Gasteiger partial charge in [0, 0.05) is 12.6 Å². The molecule has 0 aliphatic heterocycles. The number of methoxy groups -OCH3 is 2. The van der Waals surface area contributed by atoms with E-state index >= 15 is 0 Å². The Hall–Kier alpha value is -2.31. The molecule has 2 rings (SSSR count). The monoisotopic (exact) mass is 336 g/mol. The first-order chi connectivity index (χ1) is 11.6. The van der Waals surface area contributed by atoms with Gasteiger partial charge < -0.3 is 14.8 Å². The lowest BCUT2D eigenvalue weighted by atomic mass is 10.0. The van der Waals surface area contributed by atoms with Crippen molar-refractivity contribution in [1.82, 2.24) is 5.32 Å². The standard InChI is InChI=1S/C17H24N2O5/c1-23-15-10-13(14(19(21)22)11-16(15)24-2)17(20)18-9-5-8-12-6-3-4-7-12/h10-12H,3-9H2,1-2H3,(H,18,20). The molecular formula is C17H24N2O5. The maximum Gasteiger partial charge on any atom is 0.286 e. The molecule has 0 bridgehead atoms. The molecule has 7 nitrogen and oxygen atoms in total. The van der Waals surface area contributed by atoms with Gasteiger partial charge in [0.05, 0.1) is 25.2 Å². The second-order valence-electron chi connectivity index (χ2n) is 6.03. The Morgan fingerprint density at radius 2 is 1.88 bits per heavy atom. The van der Waals surface area contributed by atoms with Crippen molar-refractivity contribution in [2.45, 2.75) is 38.5 Å². The van der Waals surface area contributed by atoms with Crippen LogP contribution in [0.4, 0.5) is 5.69 Å². The molecule has 1 saturated carbocycles. The first-order valence-electron chi connectivity index (χ1n) is 8.25. The van der Waals surface area contributed by atoms with E-state index in [9.17, 15) is 14.9 Å². The largest absolute Gasteiger partial charge is 0.493 e. The molecule has 132 valence electrons. The minimum atomic E-state index is -0.588. The van der Waals surface area contributed by atoms with Gasteiger partial charge in [-0.1, -0.05) is 25.7 Å². The van der Waals surface area contributed by atoms with E-state index in [4.69, 9.17) is 9.47 Å². The number of nitrogens with zero attached hydrogens (tertiary/aromatic N) is 1. The number of nitrogens with one attached hydrogen (secondary N) is 1. The summed E-state index contributed by atoms with van der Waals surface area (Å²) in [7, 11) is 2.82. The van der Waals surface area contributed by atoms with Crippen LogP contribution in [-0.4, -0.2) is 31.6 Å². The lowest BCUT2D eigenvalue weighted by Gasteiger charge is -2.12. The highest BCUT2D eigenvalue weighted by atomic mass is 16.6. The molecule has 0 heterocycles. The van der Waals surface area contributed by atoms with Crippen LogP contribution < -0.4 is 14.8 Å². The fourth-order valence-electron chi connectivity index (χ4n) is 3.19. The van der Waals surface area contributed by atoms with Crippen molar-refractivity contribution in [3.05, 3.63) is 27.8 Å². The quantitative estimate of drug-likeness (QED) is 0.447. The van der Waals surface area contributed by atoms with Gasteiger partial charge in [-0.15, -0.1) is 0 Å². The number of carbonyl (C=O) groups is 1. The lowest BCUT2D eigenvalue weighted by Crippen LogP contribution is -2.25. The number of nitro benzene ring substituents is 1. The number of benzene rings is 1. The van der Waals surface area contributed by atoms with Crippen molar-refractivity contribution in [2.75, 3.05) is 20.8 Å². The van der Waals surface area contributed by atoms with Gasteiger partial charge in [0.15, 0.2) is 11.5 Å². The van der Waals surface area contributed by atoms with E-state index < -0.39 is 10.8 Å². The molecule has 0 aromatic heterocycles. The second kappa shape index (κ2) is 8.52. The Balaban J connectivity index is 2.02. The van der Waals surface area contributed by atoms with Crippen molar-refractivity contribution in [3.8, 4) is 11.5 Å². The molecule has 0 unspecified atom stereocenters. The van der Waals surface area contributed by atoms with Crippen molar-refractivity contribution in [3.63, 3.8) is 0 Å². The molecule has 1 aliphatic rings. The summed E-state index contributed by atoms with van der Waals surface area (Å²) in [5.41, 5.74) is -0.306. The van der Waals surface area contributed by atoms with Crippen LogP contribution in [0.2, 0.25) is 0 Å². The predicted molar refractivity (Wildman–Crippen MR) is 89.7 cm³/mol. The second-order valence-corrected chi connectivity index (χ2v) is 6.03. The number of ether oxygens (including phenoxy) is 2. The number of nitro groups is 1. The smallest absolute Gasteiger partial charge is 0.286 e. The lowest BCUT2D eigenvalue weighted by molar-refractivity contribution is -0.385. The molecule has 24 heavy (non-hydrogen) atoms. The minimum Gasteiger partial charge on any atom is -0.493 e. The van der Waals surface area contributed by atoms with Crippen LogP contribution in [0, 0.1) is 16.0 Å². The Kier molecular flexibility index (Phi) is 6.40. The molecule has 7 heteroatoms. The molecule has 0 atom stereocenters. The van der Waals surface area contributed by atoms with Crippen molar-refractivity contribution in [2.24, 2.45) is 5.92 Å². The van der Waals surface area contributed by atoms with Gasteiger partial charge in [-0.2, -0.15) is 0 Å². The molecule has 1 fully saturated rings. The van der Waals surface area contributed by atoms with E-state index in [1.54, 1.807) is 0 Å². The highest BCUT2D eigenvalue weighted by molar-refractivity contribution is 5.99. The average molecular weight is 336 g/mol. The van der Waals surface area contributed by atoms with Crippen LogP contribution in [0.1, 0.15) is 48.9 Å². The zero-order valence-electron chi connectivity index (χ0n) is 14.2. The molecule has 0 spiro atoms. The topological polar surface area (TPSA) is 90.7 Å². The van der Waals surface area contributed by atoms with Crippen LogP contribution in [0.15, 0.2) is 12.1 Å². The molecule has 1 aromatic carbocycles. The van der Waals surface area contributed by atoms with Gasteiger partial charge in [0.1, 0.15) is 5.56 Å². The van der Waals surface area contributed by atoms with Crippen molar-refractivity contribution >= 4 is 11.6 Å². The predicted octanol–water partition coefficient (Wildman–Crippen LogP) is 3.31. The molecule has 1 aromatic rings. The summed E-state index contributed by atoms with van der Waals surface area (Å²) in [5.74, 6) is 0.813. The summed E-state index contributed by atoms with van der Waals surface area (Å²) < 4.78 is 10.2. The Bertz CT molecular complexity index is 597. The number of amides is 1. The van der Waals surface area contributed by atoms with E-state index in [0.29, 0.717) is 12.3 Å². The number of hydrogen-bond acceptors (Lipinski definition) is 5. The average Bonchev–Trinajstić information content (AvgIpc) is 3.10. The minimum absolute atomic E-state index is 0.0153. The van der Waals surface area contributed by atoms with Crippen LogP contribution >= 0.6 is 0 Å². The maximum atomic E-state index is 12.3. The summed E-state index contributed by atoms with van der Waals surface area (Å²) in [5, 5.41) is 14.0. The first kappa shape index (κ1) is 18.0. The van der Waals surface area contributed by atoms with E-state index in [1.807, 2.05) is 0 Å². The van der Waals surface area contributed by atoms with E-state index in [0.717, 1.165) is 18.8 Å². The van der Waals surface area contributed by atoms with Gasteiger partial charge in [-0.3, -0.25) is 14.9 Å². The Labute approximate surface area is 141 Å². The molecule has 1 N–H and O–H groups in total. The third-order valence-corrected chi connectivity index (χ3v) is 4.49. The molecule has 1 amide bonds. The number of rotatable bonds is 8. The molecule has 1 aliphatic carbocycles. The SMILES string of the molecule is COc1cc(C(=O)NCCCC2CCCC2)c([N+](=O)[O-])cc1OC. The van der Waals surface area contributed by atoms with Crippen molar-refractivity contribution in [1.29, 1.82) is 0 Å². The fraction of sp³-hybridized carbons (Fsp3) is 0.588. The van der Waals surface area contributed by atoms with Crippen molar-refractivity contribution < 1.29 is 19.2 Å². The van der Waals surface area contributed by atoms with Crippen LogP contribution in [0.25, 0.3) is 0 Å². The van der Waals surface area contributed by atoms with Gasteiger partial charge in [0.2, 0.25) is 0 Å². The third-order valence-electron chi connectivity index (χ3n) is 4.49. The number of hydrogen-bond donors (Lipinski definition) is 1. The van der Waals surface area contributed by atoms with Gasteiger partial charge >= 0.3 is 0 Å². The highest BCUT2D eigenvalue weighted by Crippen LogP contribution is 2.34. The Morgan fingerprint density at radius 1 is 1.25 bits per heavy atom. The normalized spacial score (nSPS) is 14.4. The van der Waals surface area contributed by atoms with Crippen LogP contribution in [-0.2, 0) is 0 Å². The summed E-state index contributed by atoms with van der Waals surface area (Å²) in [6, 6.07) is 2.57. The summed E-state index contributed by atoms with van der Waals surface area (Å²) in [6.07, 6.45) is 7.12. The zero-order valence-corrected chi connectivity index (χ0v) is 14.2. The maximum absolute atomic E-state index is 12.3. The van der Waals surface area contributed by atoms with E-state index in [2.05, 4.69) is 5.32 Å². The fourth-order valence-corrected chi connectivity index (χ4v) is 3.19. The first-order valence-corrected chi connectivity index (χ1v) is 8.25. The summed E-state index contributed by atoms with van der Waals surface area (Å²) >= 11 is 0. The van der Waals surface area contributed by atoms with Crippen LogP contribution in [0.3, 0.4) is 0 Å². The van der Waals surface area contributed by atoms with Crippen LogP contribution in [0.5, 0.6) is 11.5 Å². The highest BCUT2D eigenvalue weighted by Gasteiger charge is 2.24. The Morgan fingerprint density at radius 3 is 2.46 bits per heavy atom. The van der Waals surface area contributed by atoms with Gasteiger partial charge in [-0.25, -0.2) is 0 Å². The van der Waals surface area contributed by atoms with Gasteiger partial charge in [-0.05, 0) is 18.8 Å². The molecular weight excluding hydrogens is 312 g/mol. The molecule has 0 saturated heterocycles. The molecule has 0 radical (unpaired) electrons. The third kappa shape index (κ3) is 4.37. The summed E-state index contributed by atoms with van der Waals surface area (Å²) in [4.78, 5) is 23.0. The zero-order chi connectivity index (χ0) is 17.5. The van der Waals surface area contributed by atoms with Gasteiger partial charge in [0.25, 0.3) is 11.6 Å². The summed E-state index contributed by atoms with van der Waals surface area (Å²) in [6.45, 7) is 0.515. The number of carbonyl (C=O) groups excluding carboxylic acids is 1. The van der Waals surface area contributed by atoms with E-state index in [1.165, 1.54) is 52.0 Å².